The molecule has 24 heavy (non-hydrogen) atoms. The van der Waals surface area contributed by atoms with Crippen molar-refractivity contribution in [1.29, 1.82) is 0 Å². The lowest BCUT2D eigenvalue weighted by Crippen LogP contribution is -2.42. The van der Waals surface area contributed by atoms with Crippen molar-refractivity contribution in [2.24, 2.45) is 5.73 Å². The van der Waals surface area contributed by atoms with Crippen LogP contribution in [0, 0.1) is 17.0 Å². The number of nitrogens with zero attached hydrogens (tertiary/aromatic N) is 1. The first-order chi connectivity index (χ1) is 11.4. The van der Waals surface area contributed by atoms with Crippen molar-refractivity contribution in [3.8, 4) is 0 Å². The number of amides is 1. The molecule has 0 saturated heterocycles. The van der Waals surface area contributed by atoms with E-state index < -0.39 is 11.0 Å². The molecule has 0 fully saturated rings. The summed E-state index contributed by atoms with van der Waals surface area (Å²) in [5.41, 5.74) is 8.25. The molecule has 0 bridgehead atoms. The number of benzene rings is 2. The molecule has 0 aliphatic heterocycles. The molecule has 0 aromatic heterocycles. The molecule has 0 heterocycles. The van der Waals surface area contributed by atoms with E-state index in [9.17, 15) is 14.9 Å². The smallest absolute Gasteiger partial charge is 0.272 e. The van der Waals surface area contributed by atoms with Crippen molar-refractivity contribution in [3.63, 3.8) is 0 Å². The number of hydrogen-bond donors (Lipinski definition) is 2. The van der Waals surface area contributed by atoms with E-state index in [4.69, 9.17) is 5.73 Å². The summed E-state index contributed by atoms with van der Waals surface area (Å²) >= 11 is 0. The van der Waals surface area contributed by atoms with Gasteiger partial charge in [0.2, 0.25) is 5.91 Å². The maximum Gasteiger partial charge on any atom is 0.272 e. The van der Waals surface area contributed by atoms with Gasteiger partial charge in [0, 0.05) is 11.6 Å². The molecule has 0 saturated carbocycles. The zero-order chi connectivity index (χ0) is 17.7. The van der Waals surface area contributed by atoms with Crippen molar-refractivity contribution in [2.75, 3.05) is 0 Å². The van der Waals surface area contributed by atoms with Crippen LogP contribution in [0.1, 0.15) is 29.7 Å². The summed E-state index contributed by atoms with van der Waals surface area (Å²) < 4.78 is 0. The molecule has 0 spiro atoms. The van der Waals surface area contributed by atoms with Gasteiger partial charge in [0.25, 0.3) is 5.69 Å². The van der Waals surface area contributed by atoms with Crippen LogP contribution in [0.4, 0.5) is 5.69 Å². The Morgan fingerprint density at radius 2 is 1.92 bits per heavy atom. The first kappa shape index (κ1) is 17.6. The van der Waals surface area contributed by atoms with Crippen LogP contribution in [0.5, 0.6) is 0 Å². The zero-order valence-corrected chi connectivity index (χ0v) is 13.7. The minimum Gasteiger partial charge on any atom is -0.348 e. The molecule has 2 atom stereocenters. The predicted octanol–water partition coefficient (Wildman–Crippen LogP) is 2.65. The molecule has 2 aromatic rings. The Balaban J connectivity index is 2.03. The number of aryl methyl sites for hydroxylation is 1. The summed E-state index contributed by atoms with van der Waals surface area (Å²) in [6.45, 7) is 3.46. The number of nitro benzene ring substituents is 1. The molecule has 126 valence electrons. The van der Waals surface area contributed by atoms with Gasteiger partial charge < -0.3 is 11.1 Å². The van der Waals surface area contributed by atoms with Gasteiger partial charge in [-0.2, -0.15) is 0 Å². The normalized spacial score (nSPS) is 13.1. The quantitative estimate of drug-likeness (QED) is 0.629. The van der Waals surface area contributed by atoms with Gasteiger partial charge >= 0.3 is 0 Å². The van der Waals surface area contributed by atoms with Crippen LogP contribution in [0.25, 0.3) is 0 Å². The molecule has 3 N–H and O–H groups in total. The summed E-state index contributed by atoms with van der Waals surface area (Å²) in [4.78, 5) is 22.9. The van der Waals surface area contributed by atoms with Crippen molar-refractivity contribution < 1.29 is 9.72 Å². The average Bonchev–Trinajstić information content (AvgIpc) is 2.55. The van der Waals surface area contributed by atoms with Gasteiger partial charge in [-0.1, -0.05) is 42.5 Å². The van der Waals surface area contributed by atoms with E-state index in [1.54, 1.807) is 26.0 Å². The van der Waals surface area contributed by atoms with Crippen molar-refractivity contribution in [1.82, 2.24) is 5.32 Å². The Morgan fingerprint density at radius 3 is 2.54 bits per heavy atom. The van der Waals surface area contributed by atoms with Crippen molar-refractivity contribution in [3.05, 3.63) is 75.3 Å². The first-order valence-corrected chi connectivity index (χ1v) is 7.73. The third-order valence-corrected chi connectivity index (χ3v) is 3.92. The van der Waals surface area contributed by atoms with E-state index in [1.807, 2.05) is 30.3 Å². The SMILES string of the molecule is Cc1ccc(C(C)NC(=O)[C@@H](N)Cc2ccccc2)cc1[N+](=O)[O-]. The van der Waals surface area contributed by atoms with E-state index in [0.717, 1.165) is 5.56 Å². The zero-order valence-electron chi connectivity index (χ0n) is 13.7. The summed E-state index contributed by atoms with van der Waals surface area (Å²) in [6.07, 6.45) is 0.438. The highest BCUT2D eigenvalue weighted by atomic mass is 16.6. The van der Waals surface area contributed by atoms with Gasteiger partial charge in [0.05, 0.1) is 17.0 Å². The number of carbonyl (C=O) groups excluding carboxylic acids is 1. The standard InChI is InChI=1S/C18H21N3O3/c1-12-8-9-15(11-17(12)21(23)24)13(2)20-18(22)16(19)10-14-6-4-3-5-7-14/h3-9,11,13,16H,10,19H2,1-2H3,(H,20,22)/t13?,16-/m0/s1. The third-order valence-electron chi connectivity index (χ3n) is 3.92. The lowest BCUT2D eigenvalue weighted by molar-refractivity contribution is -0.385. The van der Waals surface area contributed by atoms with Crippen LogP contribution in [-0.2, 0) is 11.2 Å². The number of rotatable bonds is 6. The van der Waals surface area contributed by atoms with Gasteiger partial charge in [-0.25, -0.2) is 0 Å². The maximum atomic E-state index is 12.2. The fourth-order valence-electron chi connectivity index (χ4n) is 2.46. The van der Waals surface area contributed by atoms with E-state index in [1.165, 1.54) is 6.07 Å². The van der Waals surface area contributed by atoms with Crippen LogP contribution >= 0.6 is 0 Å². The summed E-state index contributed by atoms with van der Waals surface area (Å²) in [5.74, 6) is -0.283. The number of nitrogens with one attached hydrogen (secondary N) is 1. The minimum absolute atomic E-state index is 0.0437. The minimum atomic E-state index is -0.671. The topological polar surface area (TPSA) is 98.3 Å². The van der Waals surface area contributed by atoms with Gasteiger partial charge in [-0.3, -0.25) is 14.9 Å². The Kier molecular flexibility index (Phi) is 5.65. The molecule has 2 aromatic carbocycles. The molecule has 6 nitrogen and oxygen atoms in total. The van der Waals surface area contributed by atoms with Gasteiger partial charge in [-0.05, 0) is 31.4 Å². The highest BCUT2D eigenvalue weighted by molar-refractivity contribution is 5.82. The third kappa shape index (κ3) is 4.39. The Hall–Kier alpha value is -2.73. The van der Waals surface area contributed by atoms with E-state index in [2.05, 4.69) is 5.32 Å². The molecular weight excluding hydrogens is 306 g/mol. The molecule has 2 rings (SSSR count). The molecule has 0 aliphatic rings. The number of hydrogen-bond acceptors (Lipinski definition) is 4. The summed E-state index contributed by atoms with van der Waals surface area (Å²) in [5, 5.41) is 13.8. The monoisotopic (exact) mass is 327 g/mol. The van der Waals surface area contributed by atoms with Crippen molar-refractivity contribution in [2.45, 2.75) is 32.4 Å². The fraction of sp³-hybridized carbons (Fsp3) is 0.278. The molecule has 0 aliphatic carbocycles. The first-order valence-electron chi connectivity index (χ1n) is 7.73. The molecule has 1 amide bonds. The molecule has 0 radical (unpaired) electrons. The largest absolute Gasteiger partial charge is 0.348 e. The molecule has 6 heteroatoms. The van der Waals surface area contributed by atoms with Crippen LogP contribution in [0.15, 0.2) is 48.5 Å². The summed E-state index contributed by atoms with van der Waals surface area (Å²) in [6, 6.07) is 13.4. The Morgan fingerprint density at radius 1 is 1.25 bits per heavy atom. The Labute approximate surface area is 140 Å². The van der Waals surface area contributed by atoms with E-state index in [-0.39, 0.29) is 17.6 Å². The van der Waals surface area contributed by atoms with Gasteiger partial charge in [0.15, 0.2) is 0 Å². The van der Waals surface area contributed by atoms with Crippen LogP contribution in [0.2, 0.25) is 0 Å². The van der Waals surface area contributed by atoms with Gasteiger partial charge in [0.1, 0.15) is 0 Å². The number of nitrogens with two attached hydrogens (primary N) is 1. The van der Waals surface area contributed by atoms with E-state index in [0.29, 0.717) is 17.5 Å². The maximum absolute atomic E-state index is 12.2. The lowest BCUT2D eigenvalue weighted by Gasteiger charge is -2.18. The second kappa shape index (κ2) is 7.70. The predicted molar refractivity (Wildman–Crippen MR) is 92.5 cm³/mol. The Bertz CT molecular complexity index is 732. The van der Waals surface area contributed by atoms with Crippen molar-refractivity contribution >= 4 is 11.6 Å². The van der Waals surface area contributed by atoms with Crippen LogP contribution < -0.4 is 11.1 Å². The molecule has 1 unspecified atom stereocenters. The second-order valence-electron chi connectivity index (χ2n) is 5.83. The highest BCUT2D eigenvalue weighted by Crippen LogP contribution is 2.23. The van der Waals surface area contributed by atoms with Crippen LogP contribution in [0.3, 0.4) is 0 Å². The fourth-order valence-corrected chi connectivity index (χ4v) is 2.46. The second-order valence-corrected chi connectivity index (χ2v) is 5.83. The number of nitro groups is 1. The lowest BCUT2D eigenvalue weighted by atomic mass is 10.0. The number of carbonyl (C=O) groups is 1. The van der Waals surface area contributed by atoms with Crippen LogP contribution in [-0.4, -0.2) is 16.9 Å². The summed E-state index contributed by atoms with van der Waals surface area (Å²) in [7, 11) is 0. The van der Waals surface area contributed by atoms with Gasteiger partial charge in [-0.15, -0.1) is 0 Å². The highest BCUT2D eigenvalue weighted by Gasteiger charge is 2.19. The molecular formula is C18H21N3O3. The van der Waals surface area contributed by atoms with E-state index >= 15 is 0 Å². The average molecular weight is 327 g/mol.